The minimum absolute atomic E-state index is 0.0867. The van der Waals surface area contributed by atoms with Gasteiger partial charge in [-0.1, -0.05) is 46.4 Å². The fourth-order valence-electron chi connectivity index (χ4n) is 5.03. The Bertz CT molecular complexity index is 583. The molecule has 8 heteroatoms. The van der Waals surface area contributed by atoms with Crippen LogP contribution in [0, 0.1) is 23.7 Å². The van der Waals surface area contributed by atoms with Crippen LogP contribution in [0.25, 0.3) is 0 Å². The minimum atomic E-state index is -1.54. The molecule has 3 saturated carbocycles. The highest BCUT2D eigenvalue weighted by atomic mass is 35.5. The Hall–Kier alpha value is 1.11. The van der Waals surface area contributed by atoms with E-state index in [1.807, 2.05) is 0 Å². The van der Waals surface area contributed by atoms with Crippen LogP contribution in [0.5, 0.6) is 0 Å². The zero-order valence-corrected chi connectivity index (χ0v) is 14.1. The molecule has 5 rings (SSSR count). The molecule has 1 aliphatic heterocycles. The molecule has 2 nitrogen and oxygen atoms in total. The van der Waals surface area contributed by atoms with Crippen molar-refractivity contribution in [2.24, 2.45) is 23.7 Å². The predicted octanol–water partition coefficient (Wildman–Crippen LogP) is 3.66. The van der Waals surface area contributed by atoms with Crippen molar-refractivity contribution in [3.63, 3.8) is 0 Å². The second-order valence-corrected chi connectivity index (χ2v) is 9.47. The Balaban J connectivity index is 1.82. The Kier molecular flexibility index (Phi) is 2.24. The first-order valence-corrected chi connectivity index (χ1v) is 8.48. The number of rotatable bonds is 0. The number of ketones is 1. The highest BCUT2D eigenvalue weighted by molar-refractivity contribution is 6.65. The molecule has 0 aromatic carbocycles. The predicted molar refractivity (Wildman–Crippen MR) is 78.0 cm³/mol. The monoisotopic (exact) mass is 392 g/mol. The average molecular weight is 395 g/mol. The second-order valence-electron chi connectivity index (χ2n) is 6.20. The summed E-state index contributed by atoms with van der Waals surface area (Å²) in [5.41, 5.74) is 0. The van der Waals surface area contributed by atoms with Gasteiger partial charge in [0, 0.05) is 11.8 Å². The SMILES string of the molecule is O=C1C2C3C(C1[C@@H]1O[C@H]21)C1(Cl)C(Cl)=C(Cl)C3(Cl)C1(Cl)Cl. The number of ether oxygens (including phenoxy) is 1. The van der Waals surface area contributed by atoms with E-state index < -0.39 is 14.1 Å². The van der Waals surface area contributed by atoms with E-state index >= 15 is 0 Å². The number of epoxide rings is 1. The Morgan fingerprint density at radius 3 is 1.65 bits per heavy atom. The first-order chi connectivity index (χ1) is 9.20. The van der Waals surface area contributed by atoms with Crippen LogP contribution in [0.1, 0.15) is 0 Å². The van der Waals surface area contributed by atoms with Gasteiger partial charge < -0.3 is 4.74 Å². The van der Waals surface area contributed by atoms with Gasteiger partial charge in [-0.25, -0.2) is 0 Å². The fourth-order valence-corrected chi connectivity index (χ4v) is 8.11. The third-order valence-electron chi connectivity index (χ3n) is 5.75. The molecular weight excluding hydrogens is 389 g/mol. The minimum Gasteiger partial charge on any atom is -0.368 e. The molecular formula is C12H6Cl6O2. The molecule has 4 aliphatic carbocycles. The highest BCUT2D eigenvalue weighted by Crippen LogP contribution is 2.83. The largest absolute Gasteiger partial charge is 0.368 e. The van der Waals surface area contributed by atoms with Gasteiger partial charge in [-0.2, -0.15) is 0 Å². The number of hydrogen-bond donors (Lipinski definition) is 0. The third kappa shape index (κ3) is 0.953. The summed E-state index contributed by atoms with van der Waals surface area (Å²) in [6.45, 7) is 0. The molecule has 0 aromatic rings. The molecule has 6 unspecified atom stereocenters. The van der Waals surface area contributed by atoms with Gasteiger partial charge in [-0.05, 0) is 0 Å². The fraction of sp³-hybridized carbons (Fsp3) is 0.750. The van der Waals surface area contributed by atoms with Crippen LogP contribution in [0.15, 0.2) is 10.1 Å². The van der Waals surface area contributed by atoms with E-state index in [0.717, 1.165) is 0 Å². The van der Waals surface area contributed by atoms with Crippen LogP contribution in [0.4, 0.5) is 0 Å². The lowest BCUT2D eigenvalue weighted by Gasteiger charge is -2.36. The van der Waals surface area contributed by atoms with Crippen LogP contribution in [0.2, 0.25) is 0 Å². The number of Topliss-reactive ketones (excluding diaryl/α,β-unsaturated/α-hetero) is 1. The summed E-state index contributed by atoms with van der Waals surface area (Å²) >= 11 is 39.1. The molecule has 108 valence electrons. The van der Waals surface area contributed by atoms with E-state index in [1.54, 1.807) is 0 Å². The summed E-state index contributed by atoms with van der Waals surface area (Å²) in [6, 6.07) is 0. The van der Waals surface area contributed by atoms with Gasteiger partial charge in [0.2, 0.25) is 0 Å². The average Bonchev–Trinajstić information content (AvgIpc) is 3.01. The van der Waals surface area contributed by atoms with E-state index in [-0.39, 0.29) is 51.7 Å². The molecule has 0 N–H and O–H groups in total. The molecule has 1 heterocycles. The van der Waals surface area contributed by atoms with Crippen molar-refractivity contribution >= 4 is 75.4 Å². The lowest BCUT2D eigenvalue weighted by atomic mass is 9.73. The molecule has 0 aromatic heterocycles. The number of alkyl halides is 4. The van der Waals surface area contributed by atoms with Gasteiger partial charge in [-0.15, -0.1) is 23.2 Å². The van der Waals surface area contributed by atoms with Crippen molar-refractivity contribution in [2.45, 2.75) is 26.3 Å². The summed E-state index contributed by atoms with van der Waals surface area (Å²) in [4.78, 5) is 9.81. The normalized spacial score (nSPS) is 64.0. The maximum Gasteiger partial charge on any atom is 0.166 e. The zero-order valence-electron chi connectivity index (χ0n) is 9.55. The van der Waals surface area contributed by atoms with Gasteiger partial charge in [0.15, 0.2) is 4.33 Å². The van der Waals surface area contributed by atoms with E-state index in [9.17, 15) is 4.79 Å². The Morgan fingerprint density at radius 1 is 0.850 bits per heavy atom. The van der Waals surface area contributed by atoms with Crippen LogP contribution in [0.3, 0.4) is 0 Å². The number of hydrogen-bond acceptors (Lipinski definition) is 2. The first-order valence-electron chi connectivity index (χ1n) is 6.21. The van der Waals surface area contributed by atoms with Gasteiger partial charge in [0.1, 0.15) is 15.5 Å². The lowest BCUT2D eigenvalue weighted by molar-refractivity contribution is -0.125. The van der Waals surface area contributed by atoms with E-state index in [0.29, 0.717) is 0 Å². The molecule has 5 aliphatic rings. The lowest BCUT2D eigenvalue weighted by Crippen LogP contribution is -2.47. The summed E-state index contributed by atoms with van der Waals surface area (Å²) in [5, 5.41) is 0.333. The molecule has 4 fully saturated rings. The van der Waals surface area contributed by atoms with Crippen molar-refractivity contribution < 1.29 is 9.53 Å². The maximum atomic E-state index is 12.5. The summed E-state index contributed by atoms with van der Waals surface area (Å²) in [7, 11) is 0. The van der Waals surface area contributed by atoms with Crippen LogP contribution < -0.4 is 0 Å². The summed E-state index contributed by atoms with van der Waals surface area (Å²) in [6.07, 6.45) is -0.173. The topological polar surface area (TPSA) is 29.6 Å². The van der Waals surface area contributed by atoms with Gasteiger partial charge >= 0.3 is 0 Å². The molecule has 4 bridgehead atoms. The molecule has 1 saturated heterocycles. The van der Waals surface area contributed by atoms with Gasteiger partial charge in [-0.3, -0.25) is 4.79 Å². The molecule has 0 amide bonds. The Morgan fingerprint density at radius 2 is 1.25 bits per heavy atom. The van der Waals surface area contributed by atoms with Crippen molar-refractivity contribution in [3.8, 4) is 0 Å². The number of fused-ring (bicyclic) bond motifs is 12. The number of allylic oxidation sites excluding steroid dienone is 2. The molecule has 20 heavy (non-hydrogen) atoms. The standard InChI is InChI=1S/C12H6Cl6O2/c13-8-9(14)11(16)4-2-5(19)1(6-7(2)20-6)3(4)10(8,15)12(11,17)18/h1-4,6-7H/t1?,2?,3?,4?,6-,7+,10?,11?. The van der Waals surface area contributed by atoms with Crippen molar-refractivity contribution in [3.05, 3.63) is 10.1 Å². The first kappa shape index (κ1) is 13.5. The summed E-state index contributed by atoms with van der Waals surface area (Å²) < 4.78 is 4.03. The third-order valence-corrected chi connectivity index (χ3v) is 10.0. The van der Waals surface area contributed by atoms with Gasteiger partial charge in [0.05, 0.1) is 34.1 Å². The van der Waals surface area contributed by atoms with E-state index in [2.05, 4.69) is 0 Å². The number of halogens is 6. The number of carbonyl (C=O) groups is 1. The second kappa shape index (κ2) is 3.31. The quantitative estimate of drug-likeness (QED) is 0.356. The molecule has 0 radical (unpaired) electrons. The smallest absolute Gasteiger partial charge is 0.166 e. The van der Waals surface area contributed by atoms with Crippen molar-refractivity contribution in [1.29, 1.82) is 0 Å². The summed E-state index contributed by atoms with van der Waals surface area (Å²) in [5.74, 6) is -1.18. The van der Waals surface area contributed by atoms with Gasteiger partial charge in [0.25, 0.3) is 0 Å². The van der Waals surface area contributed by atoms with E-state index in [4.69, 9.17) is 74.3 Å². The number of carbonyl (C=O) groups excluding carboxylic acids is 1. The highest BCUT2D eigenvalue weighted by Gasteiger charge is 2.91. The Labute approximate surface area is 144 Å². The van der Waals surface area contributed by atoms with Crippen LogP contribution >= 0.6 is 69.6 Å². The zero-order chi connectivity index (χ0) is 14.4. The van der Waals surface area contributed by atoms with Crippen molar-refractivity contribution in [2.75, 3.05) is 0 Å². The van der Waals surface area contributed by atoms with Crippen molar-refractivity contribution in [1.82, 2.24) is 0 Å². The van der Waals surface area contributed by atoms with Crippen LogP contribution in [-0.2, 0) is 9.53 Å². The molecule has 8 atom stereocenters. The molecule has 0 spiro atoms. The van der Waals surface area contributed by atoms with E-state index in [1.165, 1.54) is 0 Å². The van der Waals surface area contributed by atoms with Crippen LogP contribution in [-0.4, -0.2) is 32.1 Å². The maximum absolute atomic E-state index is 12.5.